The van der Waals surface area contributed by atoms with Crippen molar-refractivity contribution in [1.29, 1.82) is 0 Å². The topological polar surface area (TPSA) is 64.6 Å². The Hall–Kier alpha value is -1.88. The van der Waals surface area contributed by atoms with Crippen LogP contribution in [0.2, 0.25) is 0 Å². The van der Waals surface area contributed by atoms with E-state index in [1.807, 2.05) is 12.1 Å². The van der Waals surface area contributed by atoms with Gasteiger partial charge in [-0.25, -0.2) is 0 Å². The monoisotopic (exact) mass is 291 g/mol. The van der Waals surface area contributed by atoms with Crippen LogP contribution in [-0.2, 0) is 25.5 Å². The van der Waals surface area contributed by atoms with E-state index < -0.39 is 0 Å². The highest BCUT2D eigenvalue weighted by molar-refractivity contribution is 5.88. The van der Waals surface area contributed by atoms with E-state index in [1.54, 1.807) is 12.1 Å². The van der Waals surface area contributed by atoms with Gasteiger partial charge >= 0.3 is 5.97 Å². The van der Waals surface area contributed by atoms with E-state index in [9.17, 15) is 9.59 Å². The minimum Gasteiger partial charge on any atom is -0.463 e. The normalized spacial score (nSPS) is 18.0. The molecule has 0 aliphatic carbocycles. The van der Waals surface area contributed by atoms with Crippen LogP contribution in [-0.4, -0.2) is 31.2 Å². The van der Waals surface area contributed by atoms with Gasteiger partial charge in [0.05, 0.1) is 12.5 Å². The zero-order valence-electron chi connectivity index (χ0n) is 12.3. The van der Waals surface area contributed by atoms with E-state index in [-0.39, 0.29) is 24.4 Å². The minimum absolute atomic E-state index is 0.0462. The van der Waals surface area contributed by atoms with E-state index in [0.29, 0.717) is 6.61 Å². The number of ether oxygens (including phenoxy) is 2. The lowest BCUT2D eigenvalue weighted by molar-refractivity contribution is -0.148. The summed E-state index contributed by atoms with van der Waals surface area (Å²) in [7, 11) is 0. The summed E-state index contributed by atoms with van der Waals surface area (Å²) < 4.78 is 10.8. The maximum atomic E-state index is 11.8. The van der Waals surface area contributed by atoms with Gasteiger partial charge in [0.15, 0.2) is 0 Å². The summed E-state index contributed by atoms with van der Waals surface area (Å²) in [6, 6.07) is 7.16. The lowest BCUT2D eigenvalue weighted by atomic mass is 10.1. The minimum atomic E-state index is -0.253. The highest BCUT2D eigenvalue weighted by atomic mass is 16.6. The first-order valence-corrected chi connectivity index (χ1v) is 7.27. The largest absolute Gasteiger partial charge is 0.463 e. The second-order valence-electron chi connectivity index (χ2n) is 5.23. The Morgan fingerprint density at radius 1 is 1.29 bits per heavy atom. The third-order valence-corrected chi connectivity index (χ3v) is 3.33. The zero-order valence-corrected chi connectivity index (χ0v) is 12.3. The Kier molecular flexibility index (Phi) is 5.75. The fourth-order valence-electron chi connectivity index (χ4n) is 2.25. The standard InChI is InChI=1S/C16H21NO4/c1-12(18)17-14-7-5-13(6-8-14)10-16(19)21-11-15-4-2-3-9-20-15/h5-8,15H,2-4,9-11H2,1H3,(H,17,18). The lowest BCUT2D eigenvalue weighted by Gasteiger charge is -2.22. The van der Waals surface area contributed by atoms with Gasteiger partial charge < -0.3 is 14.8 Å². The molecule has 1 N–H and O–H groups in total. The molecule has 1 aromatic rings. The molecule has 0 saturated carbocycles. The van der Waals surface area contributed by atoms with Crippen LogP contribution in [0.4, 0.5) is 5.69 Å². The van der Waals surface area contributed by atoms with Crippen LogP contribution < -0.4 is 5.32 Å². The predicted octanol–water partition coefficient (Wildman–Crippen LogP) is 2.30. The number of carbonyl (C=O) groups excluding carboxylic acids is 2. The average Bonchev–Trinajstić information content (AvgIpc) is 2.48. The molecule has 0 radical (unpaired) electrons. The van der Waals surface area contributed by atoms with Gasteiger partial charge in [0, 0.05) is 19.2 Å². The predicted molar refractivity (Wildman–Crippen MR) is 79.0 cm³/mol. The smallest absolute Gasteiger partial charge is 0.310 e. The average molecular weight is 291 g/mol. The lowest BCUT2D eigenvalue weighted by Crippen LogP contribution is -2.26. The molecule has 5 nitrogen and oxygen atoms in total. The molecule has 1 aliphatic rings. The van der Waals surface area contributed by atoms with Crippen molar-refractivity contribution in [2.75, 3.05) is 18.5 Å². The fourth-order valence-corrected chi connectivity index (χ4v) is 2.25. The van der Waals surface area contributed by atoms with E-state index in [0.717, 1.165) is 37.1 Å². The van der Waals surface area contributed by atoms with Crippen molar-refractivity contribution in [1.82, 2.24) is 0 Å². The third kappa shape index (κ3) is 5.55. The Morgan fingerprint density at radius 2 is 2.05 bits per heavy atom. The third-order valence-electron chi connectivity index (χ3n) is 3.33. The SMILES string of the molecule is CC(=O)Nc1ccc(CC(=O)OCC2CCCCO2)cc1. The summed E-state index contributed by atoms with van der Waals surface area (Å²) in [5.74, 6) is -0.369. The second kappa shape index (κ2) is 7.78. The molecule has 0 bridgehead atoms. The van der Waals surface area contributed by atoms with Gasteiger partial charge in [-0.2, -0.15) is 0 Å². The number of esters is 1. The summed E-state index contributed by atoms with van der Waals surface area (Å²) in [6.45, 7) is 2.55. The number of hydrogen-bond acceptors (Lipinski definition) is 4. The zero-order chi connectivity index (χ0) is 15.1. The van der Waals surface area contributed by atoms with Gasteiger partial charge in [0.1, 0.15) is 6.61 Å². The first kappa shape index (κ1) is 15.5. The van der Waals surface area contributed by atoms with Crippen LogP contribution in [0.5, 0.6) is 0 Å². The van der Waals surface area contributed by atoms with Crippen LogP contribution in [0, 0.1) is 0 Å². The number of hydrogen-bond donors (Lipinski definition) is 1. The van der Waals surface area contributed by atoms with Crippen LogP contribution in [0.3, 0.4) is 0 Å². The highest BCUT2D eigenvalue weighted by Crippen LogP contribution is 2.14. The van der Waals surface area contributed by atoms with Crippen LogP contribution in [0.25, 0.3) is 0 Å². The maximum Gasteiger partial charge on any atom is 0.310 e. The number of nitrogens with one attached hydrogen (secondary N) is 1. The number of anilines is 1. The van der Waals surface area contributed by atoms with E-state index in [1.165, 1.54) is 6.92 Å². The van der Waals surface area contributed by atoms with Crippen molar-refractivity contribution in [3.8, 4) is 0 Å². The van der Waals surface area contributed by atoms with Crippen molar-refractivity contribution >= 4 is 17.6 Å². The number of rotatable bonds is 5. The molecule has 5 heteroatoms. The van der Waals surface area contributed by atoms with Gasteiger partial charge in [0.2, 0.25) is 5.91 Å². The van der Waals surface area contributed by atoms with E-state index in [2.05, 4.69) is 5.32 Å². The van der Waals surface area contributed by atoms with E-state index >= 15 is 0 Å². The summed E-state index contributed by atoms with van der Waals surface area (Å²) >= 11 is 0. The molecule has 114 valence electrons. The molecule has 21 heavy (non-hydrogen) atoms. The van der Waals surface area contributed by atoms with Crippen molar-refractivity contribution in [2.45, 2.75) is 38.7 Å². The molecule has 1 heterocycles. The van der Waals surface area contributed by atoms with Crippen LogP contribution >= 0.6 is 0 Å². The Balaban J connectivity index is 1.75. The highest BCUT2D eigenvalue weighted by Gasteiger charge is 2.16. The Labute approximate surface area is 124 Å². The fraction of sp³-hybridized carbons (Fsp3) is 0.500. The maximum absolute atomic E-state index is 11.8. The molecule has 2 rings (SSSR count). The van der Waals surface area contributed by atoms with Crippen molar-refractivity contribution in [2.24, 2.45) is 0 Å². The summed E-state index contributed by atoms with van der Waals surface area (Å²) in [5.41, 5.74) is 1.58. The second-order valence-corrected chi connectivity index (χ2v) is 5.23. The van der Waals surface area contributed by atoms with Crippen LogP contribution in [0.15, 0.2) is 24.3 Å². The Morgan fingerprint density at radius 3 is 2.67 bits per heavy atom. The molecule has 1 unspecified atom stereocenters. The summed E-state index contributed by atoms with van der Waals surface area (Å²) in [5, 5.41) is 2.68. The number of amides is 1. The van der Waals surface area contributed by atoms with Crippen molar-refractivity contribution < 1.29 is 19.1 Å². The van der Waals surface area contributed by atoms with Crippen molar-refractivity contribution in [3.63, 3.8) is 0 Å². The number of carbonyl (C=O) groups is 2. The molecule has 1 atom stereocenters. The molecule has 1 fully saturated rings. The first-order valence-electron chi connectivity index (χ1n) is 7.27. The molecule has 1 saturated heterocycles. The van der Waals surface area contributed by atoms with Gasteiger partial charge in [-0.3, -0.25) is 9.59 Å². The van der Waals surface area contributed by atoms with Gasteiger partial charge in [0.25, 0.3) is 0 Å². The molecule has 0 spiro atoms. The van der Waals surface area contributed by atoms with E-state index in [4.69, 9.17) is 9.47 Å². The molecular formula is C16H21NO4. The Bertz CT molecular complexity index is 478. The van der Waals surface area contributed by atoms with Gasteiger partial charge in [-0.05, 0) is 37.0 Å². The number of benzene rings is 1. The van der Waals surface area contributed by atoms with Crippen molar-refractivity contribution in [3.05, 3.63) is 29.8 Å². The van der Waals surface area contributed by atoms with Crippen LogP contribution in [0.1, 0.15) is 31.7 Å². The summed E-state index contributed by atoms with van der Waals surface area (Å²) in [6.07, 6.45) is 3.45. The quantitative estimate of drug-likeness (QED) is 0.845. The molecule has 1 aromatic carbocycles. The molecular weight excluding hydrogens is 270 g/mol. The molecule has 1 aliphatic heterocycles. The van der Waals surface area contributed by atoms with Gasteiger partial charge in [-0.15, -0.1) is 0 Å². The van der Waals surface area contributed by atoms with Gasteiger partial charge in [-0.1, -0.05) is 12.1 Å². The molecule has 1 amide bonds. The molecule has 0 aromatic heterocycles. The first-order chi connectivity index (χ1) is 10.1. The summed E-state index contributed by atoms with van der Waals surface area (Å²) in [4.78, 5) is 22.7.